The van der Waals surface area contributed by atoms with E-state index in [1.165, 1.54) is 4.68 Å². The van der Waals surface area contributed by atoms with E-state index < -0.39 is 0 Å². The Kier molecular flexibility index (Phi) is 8.32. The Hall–Kier alpha value is -3.45. The number of nitrogens with zero attached hydrogens (tertiary/aromatic N) is 3. The maximum absolute atomic E-state index is 13.3. The summed E-state index contributed by atoms with van der Waals surface area (Å²) in [5.41, 5.74) is 2.36. The van der Waals surface area contributed by atoms with Gasteiger partial charge in [-0.3, -0.25) is 4.79 Å². The Bertz CT molecular complexity index is 1380. The van der Waals surface area contributed by atoms with Crippen molar-refractivity contribution < 1.29 is 9.47 Å². The standard InChI is InChI=1S/C28H28BrN3O3/c1-3-5-11-27-31-24-14-13-22(29)17-23(24)28(33)32(27)30-18-21-12-15-25(26(16-21)34-4-2)35-19-20-9-7-6-8-10-20/h6-10,12-18H,3-5,11,19H2,1-2H3. The van der Waals surface area contributed by atoms with Crippen LogP contribution in [0, 0.1) is 0 Å². The lowest BCUT2D eigenvalue weighted by atomic mass is 10.2. The van der Waals surface area contributed by atoms with Crippen LogP contribution in [0.25, 0.3) is 10.9 Å². The minimum Gasteiger partial charge on any atom is -0.490 e. The smallest absolute Gasteiger partial charge is 0.282 e. The highest BCUT2D eigenvalue weighted by molar-refractivity contribution is 9.10. The first kappa shape index (κ1) is 24.7. The highest BCUT2D eigenvalue weighted by Gasteiger charge is 2.11. The average molecular weight is 534 g/mol. The van der Waals surface area contributed by atoms with Crippen LogP contribution in [0.15, 0.2) is 81.1 Å². The van der Waals surface area contributed by atoms with Crippen molar-refractivity contribution in [2.24, 2.45) is 5.10 Å². The summed E-state index contributed by atoms with van der Waals surface area (Å²) < 4.78 is 14.0. The minimum atomic E-state index is -0.188. The molecule has 0 aliphatic carbocycles. The van der Waals surface area contributed by atoms with Gasteiger partial charge in [-0.05, 0) is 60.9 Å². The number of aryl methyl sites for hydroxylation is 1. The molecule has 4 rings (SSSR count). The summed E-state index contributed by atoms with van der Waals surface area (Å²) in [4.78, 5) is 18.0. The number of rotatable bonds is 10. The molecule has 0 aliphatic rings. The van der Waals surface area contributed by atoms with Crippen molar-refractivity contribution in [1.29, 1.82) is 0 Å². The van der Waals surface area contributed by atoms with Crippen LogP contribution in [-0.4, -0.2) is 22.5 Å². The van der Waals surface area contributed by atoms with Gasteiger partial charge in [0.25, 0.3) is 5.56 Å². The lowest BCUT2D eigenvalue weighted by Crippen LogP contribution is -2.22. The highest BCUT2D eigenvalue weighted by atomic mass is 79.9. The minimum absolute atomic E-state index is 0.188. The van der Waals surface area contributed by atoms with Crippen LogP contribution >= 0.6 is 15.9 Å². The third kappa shape index (κ3) is 6.17. The predicted octanol–water partition coefficient (Wildman–Crippen LogP) is 6.36. The normalized spacial score (nSPS) is 11.3. The van der Waals surface area contributed by atoms with Crippen LogP contribution in [0.1, 0.15) is 43.6 Å². The van der Waals surface area contributed by atoms with E-state index in [0.29, 0.717) is 47.9 Å². The van der Waals surface area contributed by atoms with Crippen LogP contribution in [0.3, 0.4) is 0 Å². The Morgan fingerprint density at radius 2 is 1.83 bits per heavy atom. The summed E-state index contributed by atoms with van der Waals surface area (Å²) in [5.74, 6) is 1.94. The molecule has 3 aromatic carbocycles. The average Bonchev–Trinajstić information content (AvgIpc) is 2.87. The van der Waals surface area contributed by atoms with Crippen molar-refractivity contribution in [1.82, 2.24) is 9.66 Å². The third-order valence-corrected chi connectivity index (χ3v) is 5.95. The van der Waals surface area contributed by atoms with Gasteiger partial charge >= 0.3 is 0 Å². The molecule has 0 aliphatic heterocycles. The number of fused-ring (bicyclic) bond motifs is 1. The van der Waals surface area contributed by atoms with Crippen LogP contribution in [0.2, 0.25) is 0 Å². The lowest BCUT2D eigenvalue weighted by molar-refractivity contribution is 0.269. The molecule has 0 amide bonds. The van der Waals surface area contributed by atoms with Gasteiger partial charge in [0.2, 0.25) is 0 Å². The number of ether oxygens (including phenoxy) is 2. The molecule has 0 spiro atoms. The van der Waals surface area contributed by atoms with E-state index in [0.717, 1.165) is 28.4 Å². The third-order valence-electron chi connectivity index (χ3n) is 5.46. The molecule has 180 valence electrons. The number of benzene rings is 3. The Balaban J connectivity index is 1.65. The number of unbranched alkanes of at least 4 members (excludes halogenated alkanes) is 1. The Labute approximate surface area is 213 Å². The molecule has 7 heteroatoms. The van der Waals surface area contributed by atoms with Crippen molar-refractivity contribution in [2.45, 2.75) is 39.7 Å². The topological polar surface area (TPSA) is 65.7 Å². The SMILES string of the molecule is CCCCc1nc2ccc(Br)cc2c(=O)n1N=Cc1ccc(OCc2ccccc2)c(OCC)c1. The van der Waals surface area contributed by atoms with Crippen molar-refractivity contribution in [3.63, 3.8) is 0 Å². The molecule has 0 unspecified atom stereocenters. The maximum atomic E-state index is 13.3. The van der Waals surface area contributed by atoms with E-state index >= 15 is 0 Å². The van der Waals surface area contributed by atoms with Crippen LogP contribution in [-0.2, 0) is 13.0 Å². The molecule has 0 fully saturated rings. The van der Waals surface area contributed by atoms with Gasteiger partial charge in [-0.1, -0.05) is 59.6 Å². The Morgan fingerprint density at radius 3 is 2.60 bits per heavy atom. The highest BCUT2D eigenvalue weighted by Crippen LogP contribution is 2.29. The first-order valence-corrected chi connectivity index (χ1v) is 12.6. The molecular weight excluding hydrogens is 506 g/mol. The van der Waals surface area contributed by atoms with E-state index in [1.807, 2.05) is 67.6 Å². The number of halogens is 1. The second-order valence-corrected chi connectivity index (χ2v) is 8.98. The summed E-state index contributed by atoms with van der Waals surface area (Å²) in [7, 11) is 0. The van der Waals surface area contributed by atoms with Crippen molar-refractivity contribution >= 4 is 33.0 Å². The second-order valence-electron chi connectivity index (χ2n) is 8.07. The number of hydrogen-bond acceptors (Lipinski definition) is 5. The van der Waals surface area contributed by atoms with Gasteiger partial charge in [0.05, 0.1) is 23.7 Å². The largest absolute Gasteiger partial charge is 0.490 e. The fraction of sp³-hybridized carbons (Fsp3) is 0.250. The second kappa shape index (κ2) is 11.8. The first-order chi connectivity index (χ1) is 17.1. The van der Waals surface area contributed by atoms with Gasteiger partial charge in [0, 0.05) is 10.9 Å². The molecule has 0 bridgehead atoms. The fourth-order valence-electron chi connectivity index (χ4n) is 3.66. The summed E-state index contributed by atoms with van der Waals surface area (Å²) in [6.07, 6.45) is 4.25. The molecule has 0 saturated heterocycles. The van der Waals surface area contributed by atoms with E-state index in [-0.39, 0.29) is 5.56 Å². The number of aromatic nitrogens is 2. The maximum Gasteiger partial charge on any atom is 0.282 e. The van der Waals surface area contributed by atoms with Crippen molar-refractivity contribution in [3.8, 4) is 11.5 Å². The lowest BCUT2D eigenvalue weighted by Gasteiger charge is -2.13. The zero-order valence-electron chi connectivity index (χ0n) is 19.9. The van der Waals surface area contributed by atoms with Gasteiger partial charge in [-0.15, -0.1) is 0 Å². The van der Waals surface area contributed by atoms with Gasteiger partial charge in [-0.25, -0.2) is 4.98 Å². The fourth-order valence-corrected chi connectivity index (χ4v) is 4.02. The molecule has 0 radical (unpaired) electrons. The van der Waals surface area contributed by atoms with Crippen LogP contribution in [0.4, 0.5) is 0 Å². The molecular formula is C28H28BrN3O3. The van der Waals surface area contributed by atoms with Gasteiger partial charge in [0.1, 0.15) is 12.4 Å². The van der Waals surface area contributed by atoms with Crippen LogP contribution in [0.5, 0.6) is 11.5 Å². The van der Waals surface area contributed by atoms with Gasteiger partial charge in [0.15, 0.2) is 11.5 Å². The van der Waals surface area contributed by atoms with Crippen molar-refractivity contribution in [2.75, 3.05) is 6.61 Å². The molecule has 0 N–H and O–H groups in total. The number of hydrogen-bond donors (Lipinski definition) is 0. The molecule has 35 heavy (non-hydrogen) atoms. The monoisotopic (exact) mass is 533 g/mol. The van der Waals surface area contributed by atoms with Gasteiger partial charge in [-0.2, -0.15) is 9.78 Å². The van der Waals surface area contributed by atoms with Gasteiger partial charge < -0.3 is 9.47 Å². The molecule has 0 saturated carbocycles. The quantitative estimate of drug-likeness (QED) is 0.222. The van der Waals surface area contributed by atoms with E-state index in [4.69, 9.17) is 14.5 Å². The van der Waals surface area contributed by atoms with E-state index in [1.54, 1.807) is 12.3 Å². The zero-order chi connectivity index (χ0) is 24.6. The first-order valence-electron chi connectivity index (χ1n) is 11.8. The molecule has 6 nitrogen and oxygen atoms in total. The zero-order valence-corrected chi connectivity index (χ0v) is 21.5. The summed E-state index contributed by atoms with van der Waals surface area (Å²) in [6.45, 7) is 5.00. The molecule has 1 heterocycles. The Morgan fingerprint density at radius 1 is 1.00 bits per heavy atom. The van der Waals surface area contributed by atoms with Crippen LogP contribution < -0.4 is 15.0 Å². The predicted molar refractivity (Wildman–Crippen MR) is 144 cm³/mol. The summed E-state index contributed by atoms with van der Waals surface area (Å²) in [5, 5.41) is 5.06. The van der Waals surface area contributed by atoms with Crippen molar-refractivity contribution in [3.05, 3.63) is 98.5 Å². The molecule has 0 atom stereocenters. The summed E-state index contributed by atoms with van der Waals surface area (Å²) >= 11 is 3.44. The molecule has 1 aromatic heterocycles. The summed E-state index contributed by atoms with van der Waals surface area (Å²) in [6, 6.07) is 21.2. The van der Waals surface area contributed by atoms with E-state index in [9.17, 15) is 4.79 Å². The molecule has 4 aromatic rings. The van der Waals surface area contributed by atoms with E-state index in [2.05, 4.69) is 28.0 Å².